The van der Waals surface area contributed by atoms with E-state index in [0.29, 0.717) is 25.1 Å². The Balaban J connectivity index is 1.98. The SMILES string of the molecule is Cc1ccc(S(=O)(=O)N2CCCN(C(=O)c3ccccc3)[C@H]2C(C)C)cc1. The summed E-state index contributed by atoms with van der Waals surface area (Å²) >= 11 is 0. The molecule has 27 heavy (non-hydrogen) atoms. The maximum atomic E-state index is 13.3. The summed E-state index contributed by atoms with van der Waals surface area (Å²) in [5, 5.41) is 0. The molecule has 1 saturated heterocycles. The molecule has 0 aliphatic carbocycles. The average molecular weight is 387 g/mol. The zero-order valence-corrected chi connectivity index (χ0v) is 16.8. The van der Waals surface area contributed by atoms with Gasteiger partial charge in [-0.15, -0.1) is 0 Å². The second-order valence-corrected chi connectivity index (χ2v) is 9.20. The molecule has 0 spiro atoms. The highest BCUT2D eigenvalue weighted by Crippen LogP contribution is 2.29. The quantitative estimate of drug-likeness (QED) is 0.808. The molecule has 2 aromatic rings. The zero-order chi connectivity index (χ0) is 19.6. The molecule has 0 radical (unpaired) electrons. The van der Waals surface area contributed by atoms with Gasteiger partial charge in [-0.1, -0.05) is 49.7 Å². The standard InChI is InChI=1S/C21H26N2O3S/c1-16(2)20-22(21(24)18-8-5-4-6-9-18)14-7-15-23(20)27(25,26)19-12-10-17(3)11-13-19/h4-6,8-13,16,20H,7,14-15H2,1-3H3/t20-/m1/s1. The summed E-state index contributed by atoms with van der Waals surface area (Å²) < 4.78 is 28.1. The summed E-state index contributed by atoms with van der Waals surface area (Å²) in [5.74, 6) is -0.156. The Morgan fingerprint density at radius 1 is 1.00 bits per heavy atom. The van der Waals surface area contributed by atoms with Crippen molar-refractivity contribution in [3.63, 3.8) is 0 Å². The third-order valence-electron chi connectivity index (χ3n) is 4.90. The van der Waals surface area contributed by atoms with Crippen molar-refractivity contribution >= 4 is 15.9 Å². The number of sulfonamides is 1. The fourth-order valence-electron chi connectivity index (χ4n) is 3.59. The molecule has 0 aromatic heterocycles. The highest BCUT2D eigenvalue weighted by Gasteiger charge is 2.41. The van der Waals surface area contributed by atoms with Gasteiger partial charge in [0.2, 0.25) is 10.0 Å². The van der Waals surface area contributed by atoms with E-state index in [1.165, 1.54) is 4.31 Å². The van der Waals surface area contributed by atoms with Gasteiger partial charge in [-0.25, -0.2) is 8.42 Å². The van der Waals surface area contributed by atoms with Crippen molar-refractivity contribution in [2.45, 2.75) is 38.3 Å². The third kappa shape index (κ3) is 3.92. The maximum absolute atomic E-state index is 13.3. The minimum atomic E-state index is -3.68. The first-order valence-corrected chi connectivity index (χ1v) is 10.7. The van der Waals surface area contributed by atoms with Crippen LogP contribution < -0.4 is 0 Å². The lowest BCUT2D eigenvalue weighted by molar-refractivity contribution is 0.0227. The first-order valence-electron chi connectivity index (χ1n) is 9.27. The van der Waals surface area contributed by atoms with Crippen molar-refractivity contribution in [3.05, 3.63) is 65.7 Å². The minimum Gasteiger partial charge on any atom is -0.322 e. The monoisotopic (exact) mass is 386 g/mol. The smallest absolute Gasteiger partial charge is 0.255 e. The normalized spacial score (nSPS) is 18.7. The summed E-state index contributed by atoms with van der Waals surface area (Å²) in [7, 11) is -3.68. The maximum Gasteiger partial charge on any atom is 0.255 e. The number of amides is 1. The third-order valence-corrected chi connectivity index (χ3v) is 6.78. The second kappa shape index (κ2) is 7.82. The highest BCUT2D eigenvalue weighted by atomic mass is 32.2. The van der Waals surface area contributed by atoms with Gasteiger partial charge in [-0.3, -0.25) is 4.79 Å². The number of rotatable bonds is 4. The molecule has 1 fully saturated rings. The van der Waals surface area contributed by atoms with Crippen LogP contribution in [-0.2, 0) is 10.0 Å². The first-order chi connectivity index (χ1) is 12.8. The molecule has 1 atom stereocenters. The van der Waals surface area contributed by atoms with Gasteiger partial charge < -0.3 is 4.90 Å². The van der Waals surface area contributed by atoms with Gasteiger partial charge >= 0.3 is 0 Å². The molecule has 0 bridgehead atoms. The number of nitrogens with zero attached hydrogens (tertiary/aromatic N) is 2. The summed E-state index contributed by atoms with van der Waals surface area (Å²) in [4.78, 5) is 15.0. The van der Waals surface area contributed by atoms with Crippen molar-refractivity contribution in [1.82, 2.24) is 9.21 Å². The number of carbonyl (C=O) groups excluding carboxylic acids is 1. The van der Waals surface area contributed by atoms with Crippen LogP contribution in [0.2, 0.25) is 0 Å². The summed E-state index contributed by atoms with van der Waals surface area (Å²) in [6.45, 7) is 6.81. The fourth-order valence-corrected chi connectivity index (χ4v) is 5.35. The van der Waals surface area contributed by atoms with Gasteiger partial charge in [0, 0.05) is 18.7 Å². The predicted molar refractivity (Wildman–Crippen MR) is 106 cm³/mol. The van der Waals surface area contributed by atoms with E-state index in [2.05, 4.69) is 0 Å². The lowest BCUT2D eigenvalue weighted by Crippen LogP contribution is -2.59. The van der Waals surface area contributed by atoms with Gasteiger partial charge in [-0.2, -0.15) is 4.31 Å². The Labute approximate surface area is 161 Å². The van der Waals surface area contributed by atoms with Crippen molar-refractivity contribution in [1.29, 1.82) is 0 Å². The van der Waals surface area contributed by atoms with E-state index in [1.54, 1.807) is 41.3 Å². The molecule has 2 aromatic carbocycles. The van der Waals surface area contributed by atoms with Crippen LogP contribution in [0, 0.1) is 12.8 Å². The summed E-state index contributed by atoms with van der Waals surface area (Å²) in [6, 6.07) is 15.9. The van der Waals surface area contributed by atoms with Crippen LogP contribution in [0.4, 0.5) is 0 Å². The van der Waals surface area contributed by atoms with Crippen LogP contribution in [0.15, 0.2) is 59.5 Å². The van der Waals surface area contributed by atoms with Gasteiger partial charge in [0.15, 0.2) is 0 Å². The van der Waals surface area contributed by atoms with E-state index in [0.717, 1.165) is 5.56 Å². The summed E-state index contributed by atoms with van der Waals surface area (Å²) in [6.07, 6.45) is 0.116. The van der Waals surface area contributed by atoms with Gasteiger partial charge in [0.1, 0.15) is 6.17 Å². The van der Waals surface area contributed by atoms with Crippen molar-refractivity contribution in [3.8, 4) is 0 Å². The molecular weight excluding hydrogens is 360 g/mol. The number of benzene rings is 2. The van der Waals surface area contributed by atoms with Crippen LogP contribution >= 0.6 is 0 Å². The molecule has 3 rings (SSSR count). The Morgan fingerprint density at radius 2 is 1.63 bits per heavy atom. The van der Waals surface area contributed by atoms with Crippen LogP contribution in [0.25, 0.3) is 0 Å². The van der Waals surface area contributed by atoms with E-state index >= 15 is 0 Å². The molecule has 5 nitrogen and oxygen atoms in total. The van der Waals surface area contributed by atoms with Gasteiger partial charge in [-0.05, 0) is 43.5 Å². The lowest BCUT2D eigenvalue weighted by Gasteiger charge is -2.45. The van der Waals surface area contributed by atoms with Crippen LogP contribution in [0.5, 0.6) is 0 Å². The summed E-state index contributed by atoms with van der Waals surface area (Å²) in [5.41, 5.74) is 1.59. The molecule has 1 heterocycles. The molecule has 1 aliphatic rings. The minimum absolute atomic E-state index is 0.0295. The van der Waals surface area contributed by atoms with Crippen LogP contribution in [0.1, 0.15) is 36.2 Å². The number of aryl methyl sites for hydroxylation is 1. The Hall–Kier alpha value is -2.18. The molecule has 0 N–H and O–H groups in total. The molecular formula is C21H26N2O3S. The molecule has 6 heteroatoms. The van der Waals surface area contributed by atoms with E-state index in [-0.39, 0.29) is 16.7 Å². The Bertz CT molecular complexity index is 893. The second-order valence-electron chi connectivity index (χ2n) is 7.30. The van der Waals surface area contributed by atoms with Crippen LogP contribution in [0.3, 0.4) is 0 Å². The molecule has 144 valence electrons. The van der Waals surface area contributed by atoms with E-state index in [1.807, 2.05) is 39.0 Å². The number of carbonyl (C=O) groups is 1. The Morgan fingerprint density at radius 3 is 2.22 bits per heavy atom. The van der Waals surface area contributed by atoms with Gasteiger partial charge in [0.25, 0.3) is 5.91 Å². The van der Waals surface area contributed by atoms with E-state index in [4.69, 9.17) is 0 Å². The van der Waals surface area contributed by atoms with E-state index in [9.17, 15) is 13.2 Å². The van der Waals surface area contributed by atoms with Crippen molar-refractivity contribution in [2.75, 3.05) is 13.1 Å². The highest BCUT2D eigenvalue weighted by molar-refractivity contribution is 7.89. The first kappa shape index (κ1) is 19.6. The molecule has 1 aliphatic heterocycles. The van der Waals surface area contributed by atoms with Crippen molar-refractivity contribution in [2.24, 2.45) is 5.92 Å². The zero-order valence-electron chi connectivity index (χ0n) is 16.0. The fraction of sp³-hybridized carbons (Fsp3) is 0.381. The lowest BCUT2D eigenvalue weighted by atomic mass is 10.1. The predicted octanol–water partition coefficient (Wildman–Crippen LogP) is 3.51. The number of hydrogen-bond donors (Lipinski definition) is 0. The van der Waals surface area contributed by atoms with Crippen LogP contribution in [-0.4, -0.2) is 42.8 Å². The van der Waals surface area contributed by atoms with E-state index < -0.39 is 16.2 Å². The largest absolute Gasteiger partial charge is 0.322 e. The van der Waals surface area contributed by atoms with Gasteiger partial charge in [0.05, 0.1) is 4.90 Å². The Kier molecular flexibility index (Phi) is 5.67. The van der Waals surface area contributed by atoms with Crippen molar-refractivity contribution < 1.29 is 13.2 Å². The molecule has 0 unspecified atom stereocenters. The average Bonchev–Trinajstić information content (AvgIpc) is 2.67. The topological polar surface area (TPSA) is 57.7 Å². The number of hydrogen-bond acceptors (Lipinski definition) is 3. The molecule has 0 saturated carbocycles. The molecule has 1 amide bonds.